The first-order valence-electron chi connectivity index (χ1n) is 5.28. The maximum atomic E-state index is 12.6. The SMILES string of the molecule is CC(C)(C)OC(=O)C(=O)Cc1ccc(F)cc1. The summed E-state index contributed by atoms with van der Waals surface area (Å²) < 4.78 is 17.6. The number of esters is 1. The lowest BCUT2D eigenvalue weighted by Gasteiger charge is -2.18. The van der Waals surface area contributed by atoms with Crippen LogP contribution in [0, 0.1) is 5.82 Å². The van der Waals surface area contributed by atoms with E-state index in [1.807, 2.05) is 0 Å². The molecule has 1 aromatic rings. The summed E-state index contributed by atoms with van der Waals surface area (Å²) in [5.41, 5.74) is -0.0996. The van der Waals surface area contributed by atoms with Crippen molar-refractivity contribution in [3.8, 4) is 0 Å². The molecule has 0 unspecified atom stereocenters. The molecule has 0 saturated carbocycles. The molecule has 0 aliphatic rings. The number of rotatable bonds is 3. The molecule has 0 fully saturated rings. The summed E-state index contributed by atoms with van der Waals surface area (Å²) in [5, 5.41) is 0. The molecule has 0 radical (unpaired) electrons. The molecule has 0 bridgehead atoms. The van der Waals surface area contributed by atoms with E-state index in [2.05, 4.69) is 0 Å². The summed E-state index contributed by atoms with van der Waals surface area (Å²) in [6.07, 6.45) is -0.0742. The summed E-state index contributed by atoms with van der Waals surface area (Å²) >= 11 is 0. The van der Waals surface area contributed by atoms with Crippen LogP contribution in [0.3, 0.4) is 0 Å². The molecular weight excluding hydrogens is 223 g/mol. The van der Waals surface area contributed by atoms with Crippen molar-refractivity contribution in [3.63, 3.8) is 0 Å². The second-order valence-electron chi connectivity index (χ2n) is 4.73. The average molecular weight is 238 g/mol. The van der Waals surface area contributed by atoms with E-state index < -0.39 is 17.4 Å². The van der Waals surface area contributed by atoms with Crippen LogP contribution in [-0.4, -0.2) is 17.4 Å². The number of hydrogen-bond acceptors (Lipinski definition) is 3. The minimum Gasteiger partial charge on any atom is -0.454 e. The third kappa shape index (κ3) is 4.76. The summed E-state index contributed by atoms with van der Waals surface area (Å²) in [4.78, 5) is 22.9. The van der Waals surface area contributed by atoms with Crippen molar-refractivity contribution in [2.75, 3.05) is 0 Å². The Labute approximate surface area is 99.6 Å². The first kappa shape index (κ1) is 13.4. The third-order valence-corrected chi connectivity index (χ3v) is 1.90. The Morgan fingerprint density at radius 2 is 1.71 bits per heavy atom. The van der Waals surface area contributed by atoms with Gasteiger partial charge in [0.15, 0.2) is 0 Å². The normalized spacial score (nSPS) is 11.1. The monoisotopic (exact) mass is 238 g/mol. The maximum Gasteiger partial charge on any atom is 0.375 e. The average Bonchev–Trinajstić information content (AvgIpc) is 2.19. The molecule has 0 heterocycles. The van der Waals surface area contributed by atoms with Crippen molar-refractivity contribution in [1.82, 2.24) is 0 Å². The number of halogens is 1. The highest BCUT2D eigenvalue weighted by atomic mass is 19.1. The number of benzene rings is 1. The first-order chi connectivity index (χ1) is 7.78. The smallest absolute Gasteiger partial charge is 0.375 e. The van der Waals surface area contributed by atoms with Gasteiger partial charge in [0, 0.05) is 6.42 Å². The highest BCUT2D eigenvalue weighted by Gasteiger charge is 2.22. The van der Waals surface area contributed by atoms with Crippen LogP contribution < -0.4 is 0 Å². The summed E-state index contributed by atoms with van der Waals surface area (Å²) in [5.74, 6) is -1.87. The molecule has 0 aliphatic heterocycles. The Bertz CT molecular complexity index is 415. The molecule has 17 heavy (non-hydrogen) atoms. The Kier molecular flexibility index (Phi) is 3.99. The molecule has 92 valence electrons. The molecule has 0 N–H and O–H groups in total. The Balaban J connectivity index is 2.60. The predicted molar refractivity (Wildman–Crippen MR) is 61.0 cm³/mol. The van der Waals surface area contributed by atoms with Crippen LogP contribution in [-0.2, 0) is 20.7 Å². The van der Waals surface area contributed by atoms with Crippen molar-refractivity contribution in [2.24, 2.45) is 0 Å². The topological polar surface area (TPSA) is 43.4 Å². The molecule has 3 nitrogen and oxygen atoms in total. The molecular formula is C13H15FO3. The van der Waals surface area contributed by atoms with Crippen molar-refractivity contribution >= 4 is 11.8 Å². The molecule has 0 aliphatic carbocycles. The number of Topliss-reactive ketones (excluding diaryl/α,β-unsaturated/α-hetero) is 1. The fourth-order valence-corrected chi connectivity index (χ4v) is 1.19. The minimum atomic E-state index is -0.859. The number of carbonyl (C=O) groups is 2. The molecule has 0 aromatic heterocycles. The van der Waals surface area contributed by atoms with E-state index in [0.29, 0.717) is 5.56 Å². The number of ketones is 1. The van der Waals surface area contributed by atoms with Gasteiger partial charge < -0.3 is 4.74 Å². The standard InChI is InChI=1S/C13H15FO3/c1-13(2,3)17-12(16)11(15)8-9-4-6-10(14)7-5-9/h4-7H,8H2,1-3H3. The van der Waals surface area contributed by atoms with E-state index in [1.54, 1.807) is 20.8 Å². The number of ether oxygens (including phenoxy) is 1. The lowest BCUT2D eigenvalue weighted by Crippen LogP contribution is -2.29. The highest BCUT2D eigenvalue weighted by Crippen LogP contribution is 2.09. The second-order valence-corrected chi connectivity index (χ2v) is 4.73. The lowest BCUT2D eigenvalue weighted by atomic mass is 10.1. The van der Waals surface area contributed by atoms with Gasteiger partial charge >= 0.3 is 5.97 Å². The lowest BCUT2D eigenvalue weighted by molar-refractivity contribution is -0.162. The summed E-state index contributed by atoms with van der Waals surface area (Å²) in [6.45, 7) is 5.07. The van der Waals surface area contributed by atoms with E-state index in [0.717, 1.165) is 0 Å². The van der Waals surface area contributed by atoms with Crippen LogP contribution in [0.4, 0.5) is 4.39 Å². The van der Waals surface area contributed by atoms with Gasteiger partial charge in [-0.15, -0.1) is 0 Å². The van der Waals surface area contributed by atoms with Gasteiger partial charge in [-0.1, -0.05) is 12.1 Å². The van der Waals surface area contributed by atoms with Crippen molar-refractivity contribution in [1.29, 1.82) is 0 Å². The van der Waals surface area contributed by atoms with Crippen LogP contribution in [0.1, 0.15) is 26.3 Å². The minimum absolute atomic E-state index is 0.0742. The number of carbonyl (C=O) groups excluding carboxylic acids is 2. The van der Waals surface area contributed by atoms with Crippen LogP contribution in [0.5, 0.6) is 0 Å². The van der Waals surface area contributed by atoms with E-state index in [-0.39, 0.29) is 12.2 Å². The van der Waals surface area contributed by atoms with Crippen LogP contribution >= 0.6 is 0 Å². The van der Waals surface area contributed by atoms with E-state index in [1.165, 1.54) is 24.3 Å². The Hall–Kier alpha value is -1.71. The molecule has 1 rings (SSSR count). The van der Waals surface area contributed by atoms with Crippen molar-refractivity contribution in [3.05, 3.63) is 35.6 Å². The molecule has 0 saturated heterocycles. The van der Waals surface area contributed by atoms with Gasteiger partial charge in [-0.3, -0.25) is 4.79 Å². The zero-order valence-electron chi connectivity index (χ0n) is 10.1. The van der Waals surface area contributed by atoms with Crippen LogP contribution in [0.2, 0.25) is 0 Å². The van der Waals surface area contributed by atoms with Gasteiger partial charge in [-0.2, -0.15) is 0 Å². The van der Waals surface area contributed by atoms with Crippen LogP contribution in [0.25, 0.3) is 0 Å². The maximum absolute atomic E-state index is 12.6. The molecule has 4 heteroatoms. The quantitative estimate of drug-likeness (QED) is 0.599. The highest BCUT2D eigenvalue weighted by molar-refractivity contribution is 6.34. The second kappa shape index (κ2) is 5.08. The van der Waals surface area contributed by atoms with Gasteiger partial charge in [-0.05, 0) is 38.5 Å². The number of hydrogen-bond donors (Lipinski definition) is 0. The Morgan fingerprint density at radius 1 is 1.18 bits per heavy atom. The van der Waals surface area contributed by atoms with Gasteiger partial charge in [0.2, 0.25) is 5.78 Å². The van der Waals surface area contributed by atoms with Crippen molar-refractivity contribution in [2.45, 2.75) is 32.8 Å². The van der Waals surface area contributed by atoms with Gasteiger partial charge in [0.05, 0.1) is 0 Å². The fraction of sp³-hybridized carbons (Fsp3) is 0.385. The third-order valence-electron chi connectivity index (χ3n) is 1.90. The molecule has 0 amide bonds. The molecule has 0 spiro atoms. The largest absolute Gasteiger partial charge is 0.454 e. The van der Waals surface area contributed by atoms with Gasteiger partial charge in [-0.25, -0.2) is 9.18 Å². The van der Waals surface area contributed by atoms with E-state index in [4.69, 9.17) is 4.74 Å². The summed E-state index contributed by atoms with van der Waals surface area (Å²) in [7, 11) is 0. The van der Waals surface area contributed by atoms with Crippen LogP contribution in [0.15, 0.2) is 24.3 Å². The van der Waals surface area contributed by atoms with Crippen molar-refractivity contribution < 1.29 is 18.7 Å². The molecule has 1 aromatic carbocycles. The summed E-state index contributed by atoms with van der Waals surface area (Å²) in [6, 6.07) is 5.44. The molecule has 0 atom stereocenters. The van der Waals surface area contributed by atoms with Gasteiger partial charge in [0.25, 0.3) is 0 Å². The Morgan fingerprint density at radius 3 is 2.18 bits per heavy atom. The predicted octanol–water partition coefficient (Wildman–Crippen LogP) is 2.28. The van der Waals surface area contributed by atoms with E-state index >= 15 is 0 Å². The zero-order valence-corrected chi connectivity index (χ0v) is 10.1. The fourth-order valence-electron chi connectivity index (χ4n) is 1.19. The van der Waals surface area contributed by atoms with Gasteiger partial charge in [0.1, 0.15) is 11.4 Å². The zero-order chi connectivity index (χ0) is 13.1. The van der Waals surface area contributed by atoms with E-state index in [9.17, 15) is 14.0 Å². The first-order valence-corrected chi connectivity index (χ1v) is 5.28.